The topological polar surface area (TPSA) is 25.8 Å². The van der Waals surface area contributed by atoms with Crippen LogP contribution < -0.4 is 0 Å². The van der Waals surface area contributed by atoms with E-state index in [1.165, 1.54) is 0 Å². The van der Waals surface area contributed by atoms with Gasteiger partial charge in [-0.1, -0.05) is 28.1 Å². The number of aromatic nitrogens is 2. The van der Waals surface area contributed by atoms with Crippen LogP contribution >= 0.6 is 15.9 Å². The summed E-state index contributed by atoms with van der Waals surface area (Å²) in [4.78, 5) is 8.22. The first-order valence-corrected chi connectivity index (χ1v) is 5.09. The summed E-state index contributed by atoms with van der Waals surface area (Å²) in [5.74, 6) is 0. The summed E-state index contributed by atoms with van der Waals surface area (Å²) in [5, 5.41) is 0. The first-order valence-electron chi connectivity index (χ1n) is 4.30. The summed E-state index contributed by atoms with van der Waals surface area (Å²) < 4.78 is 1.08. The van der Waals surface area contributed by atoms with E-state index in [0.717, 1.165) is 21.3 Å². The molecule has 0 aliphatic rings. The van der Waals surface area contributed by atoms with E-state index in [2.05, 4.69) is 25.9 Å². The number of rotatable bonds is 1. The molecule has 2 rings (SSSR count). The van der Waals surface area contributed by atoms with Gasteiger partial charge in [0.2, 0.25) is 0 Å². The lowest BCUT2D eigenvalue weighted by Crippen LogP contribution is -1.88. The van der Waals surface area contributed by atoms with Crippen molar-refractivity contribution in [2.45, 2.75) is 6.92 Å². The lowest BCUT2D eigenvalue weighted by atomic mass is 10.1. The fraction of sp³-hybridized carbons (Fsp3) is 0.0909. The van der Waals surface area contributed by atoms with E-state index in [9.17, 15) is 0 Å². The summed E-state index contributed by atoms with van der Waals surface area (Å²) in [7, 11) is 0. The van der Waals surface area contributed by atoms with Crippen LogP contribution in [0.3, 0.4) is 0 Å². The molecule has 1 aromatic heterocycles. The largest absolute Gasteiger partial charge is 0.245 e. The van der Waals surface area contributed by atoms with Crippen LogP contribution in [0, 0.1) is 6.92 Å². The van der Waals surface area contributed by atoms with Crippen molar-refractivity contribution in [3.63, 3.8) is 0 Å². The molecule has 0 amide bonds. The van der Waals surface area contributed by atoms with Gasteiger partial charge in [0.15, 0.2) is 0 Å². The van der Waals surface area contributed by atoms with Gasteiger partial charge in [-0.05, 0) is 24.6 Å². The van der Waals surface area contributed by atoms with E-state index in [4.69, 9.17) is 0 Å². The number of aryl methyl sites for hydroxylation is 1. The van der Waals surface area contributed by atoms with Crippen LogP contribution in [0.15, 0.2) is 41.3 Å². The van der Waals surface area contributed by atoms with Gasteiger partial charge in [-0.25, -0.2) is 9.97 Å². The monoisotopic (exact) mass is 248 g/mol. The van der Waals surface area contributed by atoms with Gasteiger partial charge >= 0.3 is 0 Å². The minimum absolute atomic E-state index is 0.993. The number of hydrogen-bond donors (Lipinski definition) is 0. The molecule has 0 aliphatic heterocycles. The van der Waals surface area contributed by atoms with Gasteiger partial charge in [0.05, 0.1) is 5.69 Å². The predicted octanol–water partition coefficient (Wildman–Crippen LogP) is 3.21. The second-order valence-electron chi connectivity index (χ2n) is 3.06. The third-order valence-electron chi connectivity index (χ3n) is 2.01. The van der Waals surface area contributed by atoms with Crippen LogP contribution in [0.4, 0.5) is 0 Å². The van der Waals surface area contributed by atoms with Gasteiger partial charge < -0.3 is 0 Å². The van der Waals surface area contributed by atoms with Gasteiger partial charge in [0, 0.05) is 16.2 Å². The molecule has 14 heavy (non-hydrogen) atoms. The van der Waals surface area contributed by atoms with E-state index in [1.807, 2.05) is 37.4 Å². The second kappa shape index (κ2) is 3.88. The maximum absolute atomic E-state index is 4.25. The molecule has 2 aromatic rings. The van der Waals surface area contributed by atoms with Crippen molar-refractivity contribution in [1.29, 1.82) is 0 Å². The lowest BCUT2D eigenvalue weighted by Gasteiger charge is -2.03. The summed E-state index contributed by atoms with van der Waals surface area (Å²) in [6.45, 7) is 2.01. The van der Waals surface area contributed by atoms with Crippen LogP contribution in [0.25, 0.3) is 11.3 Å². The van der Waals surface area contributed by atoms with Crippen molar-refractivity contribution in [3.8, 4) is 11.3 Å². The average Bonchev–Trinajstić information content (AvgIpc) is 2.20. The Labute approximate surface area is 91.2 Å². The molecule has 0 aliphatic carbocycles. The molecule has 70 valence electrons. The molecular formula is C11H9BrN2. The highest BCUT2D eigenvalue weighted by atomic mass is 79.9. The molecule has 3 heteroatoms. The van der Waals surface area contributed by atoms with E-state index in [-0.39, 0.29) is 0 Å². The van der Waals surface area contributed by atoms with Crippen LogP contribution in [-0.4, -0.2) is 9.97 Å². The molecule has 0 spiro atoms. The van der Waals surface area contributed by atoms with E-state index < -0.39 is 0 Å². The Morgan fingerprint density at radius 2 is 1.86 bits per heavy atom. The maximum Gasteiger partial charge on any atom is 0.116 e. The highest BCUT2D eigenvalue weighted by Gasteiger charge is 2.01. The minimum Gasteiger partial charge on any atom is -0.245 e. The number of benzene rings is 1. The van der Waals surface area contributed by atoms with Gasteiger partial charge in [0.1, 0.15) is 6.33 Å². The Morgan fingerprint density at radius 3 is 2.50 bits per heavy atom. The normalized spacial score (nSPS) is 10.1. The Hall–Kier alpha value is -1.22. The van der Waals surface area contributed by atoms with Crippen molar-refractivity contribution in [3.05, 3.63) is 46.8 Å². The molecule has 1 heterocycles. The summed E-state index contributed by atoms with van der Waals surface area (Å²) >= 11 is 3.40. The molecule has 0 atom stereocenters. The van der Waals surface area contributed by atoms with Crippen molar-refractivity contribution in [2.75, 3.05) is 0 Å². The molecule has 1 aromatic carbocycles. The molecule has 0 bridgehead atoms. The zero-order valence-corrected chi connectivity index (χ0v) is 9.32. The Bertz CT molecular complexity index is 437. The van der Waals surface area contributed by atoms with Crippen molar-refractivity contribution >= 4 is 15.9 Å². The first-order chi connectivity index (χ1) is 6.77. The SMILES string of the molecule is Cc1cncnc1-c1ccc(Br)cc1. The third-order valence-corrected chi connectivity index (χ3v) is 2.54. The van der Waals surface area contributed by atoms with E-state index in [1.54, 1.807) is 6.33 Å². The fourth-order valence-corrected chi connectivity index (χ4v) is 1.57. The summed E-state index contributed by atoms with van der Waals surface area (Å²) in [6.07, 6.45) is 3.40. The zero-order chi connectivity index (χ0) is 9.97. The highest BCUT2D eigenvalue weighted by molar-refractivity contribution is 9.10. The Kier molecular flexibility index (Phi) is 2.59. The summed E-state index contributed by atoms with van der Waals surface area (Å²) in [6, 6.07) is 8.10. The molecule has 0 unspecified atom stereocenters. The maximum atomic E-state index is 4.25. The lowest BCUT2D eigenvalue weighted by molar-refractivity contribution is 1.13. The molecule has 0 fully saturated rings. The minimum atomic E-state index is 0.993. The summed E-state index contributed by atoms with van der Waals surface area (Å²) in [5.41, 5.74) is 3.20. The van der Waals surface area contributed by atoms with E-state index in [0.29, 0.717) is 0 Å². The number of nitrogens with zero attached hydrogens (tertiary/aromatic N) is 2. The van der Waals surface area contributed by atoms with Gasteiger partial charge in [-0.3, -0.25) is 0 Å². The zero-order valence-electron chi connectivity index (χ0n) is 7.74. The average molecular weight is 249 g/mol. The Morgan fingerprint density at radius 1 is 1.14 bits per heavy atom. The third kappa shape index (κ3) is 1.82. The van der Waals surface area contributed by atoms with Crippen LogP contribution in [0.5, 0.6) is 0 Å². The highest BCUT2D eigenvalue weighted by Crippen LogP contribution is 2.21. The smallest absolute Gasteiger partial charge is 0.116 e. The van der Waals surface area contributed by atoms with E-state index >= 15 is 0 Å². The van der Waals surface area contributed by atoms with Crippen LogP contribution in [-0.2, 0) is 0 Å². The molecule has 0 radical (unpaired) electrons. The van der Waals surface area contributed by atoms with Crippen LogP contribution in [0.2, 0.25) is 0 Å². The number of hydrogen-bond acceptors (Lipinski definition) is 2. The number of halogens is 1. The second-order valence-corrected chi connectivity index (χ2v) is 3.98. The fourth-order valence-electron chi connectivity index (χ4n) is 1.31. The molecule has 0 saturated heterocycles. The van der Waals surface area contributed by atoms with Crippen molar-refractivity contribution in [2.24, 2.45) is 0 Å². The predicted molar refractivity (Wildman–Crippen MR) is 59.9 cm³/mol. The van der Waals surface area contributed by atoms with Crippen LogP contribution in [0.1, 0.15) is 5.56 Å². The van der Waals surface area contributed by atoms with Gasteiger partial charge in [-0.15, -0.1) is 0 Å². The standard InChI is InChI=1S/C11H9BrN2/c1-8-6-13-7-14-11(8)9-2-4-10(12)5-3-9/h2-7H,1H3. The molecule has 2 nitrogen and oxygen atoms in total. The van der Waals surface area contributed by atoms with Gasteiger partial charge in [0.25, 0.3) is 0 Å². The van der Waals surface area contributed by atoms with Crippen molar-refractivity contribution < 1.29 is 0 Å². The quantitative estimate of drug-likeness (QED) is 0.775. The van der Waals surface area contributed by atoms with Crippen molar-refractivity contribution in [1.82, 2.24) is 9.97 Å². The molecular weight excluding hydrogens is 240 g/mol. The molecule has 0 saturated carbocycles. The first kappa shape index (κ1) is 9.34. The van der Waals surface area contributed by atoms with Gasteiger partial charge in [-0.2, -0.15) is 0 Å². The molecule has 0 N–H and O–H groups in total. The Balaban J connectivity index is 2.50.